The highest BCUT2D eigenvalue weighted by molar-refractivity contribution is 7.89. The van der Waals surface area contributed by atoms with E-state index < -0.39 is 39.4 Å². The van der Waals surface area contributed by atoms with Gasteiger partial charge in [-0.1, -0.05) is 13.8 Å². The summed E-state index contributed by atoms with van der Waals surface area (Å²) in [6.45, 7) is 5.19. The highest BCUT2D eigenvalue weighted by Gasteiger charge is 2.26. The Kier molecular flexibility index (Phi) is 7.06. The maximum Gasteiger partial charge on any atom is 0.341 e. The molecule has 1 rings (SSSR count). The minimum atomic E-state index is -3.85. The maximum atomic E-state index is 14.0. The van der Waals surface area contributed by atoms with Gasteiger partial charge in [-0.2, -0.15) is 4.31 Å². The molecule has 0 N–H and O–H groups in total. The van der Waals surface area contributed by atoms with E-state index in [4.69, 9.17) is 4.74 Å². The van der Waals surface area contributed by atoms with Crippen LogP contribution in [0.25, 0.3) is 0 Å². The second kappa shape index (κ2) is 8.39. The van der Waals surface area contributed by atoms with Crippen molar-refractivity contribution in [2.75, 3.05) is 27.2 Å². The molecular formula is C16H23FN2O5S. The van der Waals surface area contributed by atoms with Gasteiger partial charge in [0, 0.05) is 27.2 Å². The van der Waals surface area contributed by atoms with Crippen molar-refractivity contribution in [2.45, 2.75) is 31.8 Å². The van der Waals surface area contributed by atoms with Crippen LogP contribution in [0.15, 0.2) is 23.1 Å². The topological polar surface area (TPSA) is 84.0 Å². The zero-order chi connectivity index (χ0) is 19.4. The van der Waals surface area contributed by atoms with Gasteiger partial charge in [0.25, 0.3) is 5.91 Å². The minimum absolute atomic E-state index is 0.212. The largest absolute Gasteiger partial charge is 0.449 e. The third-order valence-corrected chi connectivity index (χ3v) is 5.62. The Morgan fingerprint density at radius 2 is 1.76 bits per heavy atom. The monoisotopic (exact) mass is 374 g/mol. The third kappa shape index (κ3) is 4.76. The molecule has 0 bridgehead atoms. The quantitative estimate of drug-likeness (QED) is 0.675. The van der Waals surface area contributed by atoms with Crippen molar-refractivity contribution in [1.82, 2.24) is 9.21 Å². The van der Waals surface area contributed by atoms with Gasteiger partial charge in [0.15, 0.2) is 6.10 Å². The predicted molar refractivity (Wildman–Crippen MR) is 90.1 cm³/mol. The summed E-state index contributed by atoms with van der Waals surface area (Å²) in [6, 6.07) is 2.91. The van der Waals surface area contributed by atoms with Crippen LogP contribution in [0.4, 0.5) is 4.39 Å². The number of carbonyl (C=O) groups excluding carboxylic acids is 2. The van der Waals surface area contributed by atoms with E-state index in [1.54, 1.807) is 13.8 Å². The number of amides is 1. The van der Waals surface area contributed by atoms with Crippen LogP contribution in [0.5, 0.6) is 0 Å². The molecule has 0 spiro atoms. The number of hydrogen-bond acceptors (Lipinski definition) is 5. The number of esters is 1. The highest BCUT2D eigenvalue weighted by atomic mass is 32.2. The standard InChI is InChI=1S/C16H23FN2O5S/c1-6-19(7-2)25(22,23)12-8-9-14(17)13(10-12)16(21)24-11(3)15(20)18(4)5/h8-11H,6-7H2,1-5H3/t11-/m0/s1. The molecular weight excluding hydrogens is 351 g/mol. The average molecular weight is 374 g/mol. The number of likely N-dealkylation sites (N-methyl/N-ethyl adjacent to an activating group) is 1. The third-order valence-electron chi connectivity index (χ3n) is 3.57. The molecule has 1 aromatic carbocycles. The van der Waals surface area contributed by atoms with Crippen LogP contribution in [0.3, 0.4) is 0 Å². The number of sulfonamides is 1. The molecule has 0 saturated carbocycles. The Labute approximate surface area is 147 Å². The first-order valence-electron chi connectivity index (χ1n) is 7.78. The number of carbonyl (C=O) groups is 2. The van der Waals surface area contributed by atoms with Crippen LogP contribution in [0.2, 0.25) is 0 Å². The van der Waals surface area contributed by atoms with Gasteiger partial charge >= 0.3 is 5.97 Å². The van der Waals surface area contributed by atoms with Crippen LogP contribution >= 0.6 is 0 Å². The fourth-order valence-corrected chi connectivity index (χ4v) is 3.66. The molecule has 0 fully saturated rings. The molecule has 1 amide bonds. The summed E-state index contributed by atoms with van der Waals surface area (Å²) in [5.41, 5.74) is -0.536. The predicted octanol–water partition coefficient (Wildman–Crippen LogP) is 1.49. The lowest BCUT2D eigenvalue weighted by Crippen LogP contribution is -2.35. The fourth-order valence-electron chi connectivity index (χ4n) is 2.17. The lowest BCUT2D eigenvalue weighted by Gasteiger charge is -2.19. The maximum absolute atomic E-state index is 14.0. The Morgan fingerprint density at radius 1 is 1.20 bits per heavy atom. The minimum Gasteiger partial charge on any atom is -0.449 e. The van der Waals surface area contributed by atoms with E-state index in [0.717, 1.165) is 18.2 Å². The van der Waals surface area contributed by atoms with Crippen LogP contribution in [-0.2, 0) is 19.6 Å². The molecule has 0 saturated heterocycles. The Morgan fingerprint density at radius 3 is 2.24 bits per heavy atom. The van der Waals surface area contributed by atoms with Gasteiger partial charge in [-0.15, -0.1) is 0 Å². The lowest BCUT2D eigenvalue weighted by molar-refractivity contribution is -0.137. The average Bonchev–Trinajstić information content (AvgIpc) is 2.54. The summed E-state index contributed by atoms with van der Waals surface area (Å²) in [6.07, 6.45) is -1.12. The number of rotatable bonds is 7. The molecule has 0 aliphatic carbocycles. The molecule has 7 nitrogen and oxygen atoms in total. The number of ether oxygens (including phenoxy) is 1. The summed E-state index contributed by atoms with van der Waals surface area (Å²) in [4.78, 5) is 24.9. The van der Waals surface area contributed by atoms with Gasteiger partial charge in [0.05, 0.1) is 10.5 Å². The molecule has 1 aromatic rings. The number of halogens is 1. The van der Waals surface area contributed by atoms with Crippen molar-refractivity contribution in [3.8, 4) is 0 Å². The summed E-state index contributed by atoms with van der Waals surface area (Å²) in [5, 5.41) is 0. The summed E-state index contributed by atoms with van der Waals surface area (Å²) >= 11 is 0. The second-order valence-corrected chi connectivity index (χ2v) is 7.45. The number of benzene rings is 1. The molecule has 1 atom stereocenters. The van der Waals surface area contributed by atoms with Crippen LogP contribution < -0.4 is 0 Å². The molecule has 9 heteroatoms. The van der Waals surface area contributed by atoms with Crippen molar-refractivity contribution in [3.63, 3.8) is 0 Å². The highest BCUT2D eigenvalue weighted by Crippen LogP contribution is 2.20. The smallest absolute Gasteiger partial charge is 0.341 e. The van der Waals surface area contributed by atoms with Crippen LogP contribution in [0, 0.1) is 5.82 Å². The van der Waals surface area contributed by atoms with Gasteiger partial charge in [-0.3, -0.25) is 4.79 Å². The fraction of sp³-hybridized carbons (Fsp3) is 0.500. The lowest BCUT2D eigenvalue weighted by atomic mass is 10.2. The molecule has 140 valence electrons. The zero-order valence-corrected chi connectivity index (χ0v) is 15.8. The molecule has 0 radical (unpaired) electrons. The van der Waals surface area contributed by atoms with Crippen molar-refractivity contribution in [3.05, 3.63) is 29.6 Å². The van der Waals surface area contributed by atoms with E-state index in [-0.39, 0.29) is 18.0 Å². The summed E-state index contributed by atoms with van der Waals surface area (Å²) in [5.74, 6) is -2.49. The van der Waals surface area contributed by atoms with Crippen molar-refractivity contribution >= 4 is 21.9 Å². The van der Waals surface area contributed by atoms with Gasteiger partial charge in [-0.25, -0.2) is 17.6 Å². The zero-order valence-electron chi connectivity index (χ0n) is 14.9. The van der Waals surface area contributed by atoms with Crippen LogP contribution in [0.1, 0.15) is 31.1 Å². The molecule has 25 heavy (non-hydrogen) atoms. The summed E-state index contributed by atoms with van der Waals surface area (Å²) < 4.78 is 45.1. The van der Waals surface area contributed by atoms with Crippen LogP contribution in [-0.4, -0.2) is 62.8 Å². The van der Waals surface area contributed by atoms with Gasteiger partial charge in [0.1, 0.15) is 5.82 Å². The van der Waals surface area contributed by atoms with Crippen molar-refractivity contribution < 1.29 is 27.1 Å². The molecule has 0 aliphatic heterocycles. The first kappa shape index (κ1) is 21.0. The van der Waals surface area contributed by atoms with E-state index >= 15 is 0 Å². The first-order valence-corrected chi connectivity index (χ1v) is 9.22. The molecule has 0 unspecified atom stereocenters. The van der Waals surface area contributed by atoms with E-state index in [0.29, 0.717) is 0 Å². The molecule has 0 aliphatic rings. The number of nitrogens with zero attached hydrogens (tertiary/aromatic N) is 2. The van der Waals surface area contributed by atoms with E-state index in [2.05, 4.69) is 0 Å². The molecule has 0 aromatic heterocycles. The van der Waals surface area contributed by atoms with Crippen molar-refractivity contribution in [2.24, 2.45) is 0 Å². The second-order valence-electron chi connectivity index (χ2n) is 5.51. The Hall–Kier alpha value is -2.00. The van der Waals surface area contributed by atoms with Gasteiger partial charge in [0.2, 0.25) is 10.0 Å². The van der Waals surface area contributed by atoms with E-state index in [9.17, 15) is 22.4 Å². The Bertz CT molecular complexity index is 745. The first-order chi connectivity index (χ1) is 11.6. The van der Waals surface area contributed by atoms with Gasteiger partial charge < -0.3 is 9.64 Å². The summed E-state index contributed by atoms with van der Waals surface area (Å²) in [7, 11) is -0.867. The van der Waals surface area contributed by atoms with E-state index in [1.807, 2.05) is 0 Å². The van der Waals surface area contributed by atoms with Gasteiger partial charge in [-0.05, 0) is 25.1 Å². The SMILES string of the molecule is CCN(CC)S(=O)(=O)c1ccc(F)c(C(=O)O[C@@H](C)C(=O)N(C)C)c1. The number of hydrogen-bond donors (Lipinski definition) is 0. The molecule has 0 heterocycles. The van der Waals surface area contributed by atoms with Crippen molar-refractivity contribution in [1.29, 1.82) is 0 Å². The normalized spacial score (nSPS) is 12.8. The van der Waals surface area contributed by atoms with E-state index in [1.165, 1.54) is 30.2 Å². The Balaban J connectivity index is 3.18.